The van der Waals surface area contributed by atoms with Gasteiger partial charge in [0.2, 0.25) is 5.91 Å². The van der Waals surface area contributed by atoms with Crippen LogP contribution in [0.1, 0.15) is 41.4 Å². The maximum absolute atomic E-state index is 12.4. The lowest BCUT2D eigenvalue weighted by Crippen LogP contribution is -2.50. The number of amides is 2. The second-order valence-electron chi connectivity index (χ2n) is 7.31. The monoisotopic (exact) mass is 408 g/mol. The minimum atomic E-state index is -0.432. The van der Waals surface area contributed by atoms with Crippen molar-refractivity contribution in [2.75, 3.05) is 0 Å². The van der Waals surface area contributed by atoms with Crippen molar-refractivity contribution in [2.24, 2.45) is 0 Å². The van der Waals surface area contributed by atoms with Crippen molar-refractivity contribution in [1.29, 1.82) is 0 Å². The van der Waals surface area contributed by atoms with E-state index in [0.29, 0.717) is 18.6 Å². The van der Waals surface area contributed by atoms with Gasteiger partial charge in [0.1, 0.15) is 12.4 Å². The molecule has 1 aliphatic rings. The van der Waals surface area contributed by atoms with E-state index in [0.717, 1.165) is 22.5 Å². The van der Waals surface area contributed by atoms with Crippen LogP contribution >= 0.6 is 0 Å². The van der Waals surface area contributed by atoms with Gasteiger partial charge in [0.25, 0.3) is 11.7 Å². The molecule has 10 nitrogen and oxygen atoms in total. The molecule has 0 saturated carbocycles. The SMILES string of the molecule is Cc1nc2ncnn2c(C)c1CCC(=O)NNC(=O)C1CC(c2ccccc2)NN1. The molecular weight excluding hydrogens is 384 g/mol. The lowest BCUT2D eigenvalue weighted by molar-refractivity contribution is -0.129. The van der Waals surface area contributed by atoms with Gasteiger partial charge < -0.3 is 0 Å². The van der Waals surface area contributed by atoms with E-state index in [-0.39, 0.29) is 24.3 Å². The van der Waals surface area contributed by atoms with E-state index in [9.17, 15) is 9.59 Å². The van der Waals surface area contributed by atoms with Gasteiger partial charge in [0.05, 0.1) is 0 Å². The summed E-state index contributed by atoms with van der Waals surface area (Å²) in [5, 5.41) is 4.15. The maximum atomic E-state index is 12.4. The summed E-state index contributed by atoms with van der Waals surface area (Å²) in [4.78, 5) is 33.1. The van der Waals surface area contributed by atoms with Crippen LogP contribution in [-0.2, 0) is 16.0 Å². The van der Waals surface area contributed by atoms with Gasteiger partial charge in [-0.2, -0.15) is 10.1 Å². The number of benzene rings is 1. The van der Waals surface area contributed by atoms with Crippen molar-refractivity contribution >= 4 is 17.6 Å². The molecule has 2 unspecified atom stereocenters. The first-order valence-electron chi connectivity index (χ1n) is 9.83. The standard InChI is InChI=1S/C20H24N8O2/c1-12-15(13(2)28-20(23-12)21-11-22-28)8-9-18(29)26-27-19(30)17-10-16(24-25-17)14-6-4-3-5-7-14/h3-7,11,16-17,24-25H,8-10H2,1-2H3,(H,26,29)(H,27,30). The zero-order chi connectivity index (χ0) is 21.1. The fraction of sp³-hybridized carbons (Fsp3) is 0.350. The fourth-order valence-electron chi connectivity index (χ4n) is 3.67. The normalized spacial score (nSPS) is 18.5. The molecule has 0 radical (unpaired) electrons. The number of rotatable bonds is 5. The molecule has 1 fully saturated rings. The second kappa shape index (κ2) is 8.56. The van der Waals surface area contributed by atoms with Crippen LogP contribution in [0.2, 0.25) is 0 Å². The molecule has 10 heteroatoms. The minimum absolute atomic E-state index is 0.0443. The van der Waals surface area contributed by atoms with Crippen molar-refractivity contribution in [3.05, 3.63) is 59.2 Å². The van der Waals surface area contributed by atoms with Crippen LogP contribution in [0.25, 0.3) is 5.78 Å². The Hall–Kier alpha value is -3.37. The molecule has 3 aromatic rings. The Morgan fingerprint density at radius 3 is 2.77 bits per heavy atom. The van der Waals surface area contributed by atoms with Gasteiger partial charge in [-0.15, -0.1) is 0 Å². The largest absolute Gasteiger partial charge is 0.273 e. The van der Waals surface area contributed by atoms with E-state index >= 15 is 0 Å². The van der Waals surface area contributed by atoms with Gasteiger partial charge in [-0.1, -0.05) is 30.3 Å². The highest BCUT2D eigenvalue weighted by Gasteiger charge is 2.30. The van der Waals surface area contributed by atoms with Crippen molar-refractivity contribution in [1.82, 2.24) is 41.3 Å². The van der Waals surface area contributed by atoms with Crippen molar-refractivity contribution in [2.45, 2.75) is 45.2 Å². The second-order valence-corrected chi connectivity index (χ2v) is 7.31. The predicted octanol–water partition coefficient (Wildman–Crippen LogP) is 0.429. The number of aryl methyl sites for hydroxylation is 2. The highest BCUT2D eigenvalue weighted by Crippen LogP contribution is 2.21. The number of fused-ring (bicyclic) bond motifs is 1. The third-order valence-electron chi connectivity index (χ3n) is 5.34. The number of carbonyl (C=O) groups is 2. The smallest absolute Gasteiger partial charge is 0.256 e. The summed E-state index contributed by atoms with van der Waals surface area (Å²) in [5.74, 6) is -0.0179. The van der Waals surface area contributed by atoms with Gasteiger partial charge in [-0.05, 0) is 37.8 Å². The Bertz CT molecular complexity index is 1070. The third-order valence-corrected chi connectivity index (χ3v) is 5.34. The number of hydrazine groups is 2. The topological polar surface area (TPSA) is 125 Å². The number of aromatic nitrogens is 4. The first-order chi connectivity index (χ1) is 14.5. The molecule has 1 saturated heterocycles. The molecule has 2 aromatic heterocycles. The predicted molar refractivity (Wildman–Crippen MR) is 109 cm³/mol. The number of nitrogens with zero attached hydrogens (tertiary/aromatic N) is 4. The van der Waals surface area contributed by atoms with Crippen LogP contribution in [0.4, 0.5) is 0 Å². The van der Waals surface area contributed by atoms with E-state index in [1.54, 1.807) is 4.52 Å². The van der Waals surface area contributed by atoms with Gasteiger partial charge in [-0.3, -0.25) is 20.4 Å². The van der Waals surface area contributed by atoms with Crippen LogP contribution in [0, 0.1) is 13.8 Å². The number of nitrogens with one attached hydrogen (secondary N) is 4. The Labute approximate surface area is 173 Å². The van der Waals surface area contributed by atoms with Crippen molar-refractivity contribution in [3.63, 3.8) is 0 Å². The average molecular weight is 408 g/mol. The van der Waals surface area contributed by atoms with E-state index in [2.05, 4.69) is 36.8 Å². The van der Waals surface area contributed by atoms with Crippen LogP contribution in [0.3, 0.4) is 0 Å². The van der Waals surface area contributed by atoms with Gasteiger partial charge in [0.15, 0.2) is 0 Å². The van der Waals surface area contributed by atoms with Gasteiger partial charge in [0, 0.05) is 23.9 Å². The Balaban J connectivity index is 1.27. The molecule has 0 bridgehead atoms. The summed E-state index contributed by atoms with van der Waals surface area (Å²) in [7, 11) is 0. The fourth-order valence-corrected chi connectivity index (χ4v) is 3.67. The molecule has 156 valence electrons. The van der Waals surface area contributed by atoms with Gasteiger partial charge in [-0.25, -0.2) is 20.4 Å². The average Bonchev–Trinajstić information content (AvgIpc) is 3.42. The zero-order valence-electron chi connectivity index (χ0n) is 16.8. The van der Waals surface area contributed by atoms with Crippen molar-refractivity contribution in [3.8, 4) is 0 Å². The summed E-state index contributed by atoms with van der Waals surface area (Å²) >= 11 is 0. The molecule has 3 heterocycles. The quantitative estimate of drug-likeness (QED) is 0.451. The molecule has 0 aliphatic carbocycles. The molecule has 1 aliphatic heterocycles. The van der Waals surface area contributed by atoms with E-state index < -0.39 is 6.04 Å². The van der Waals surface area contributed by atoms with Crippen LogP contribution in [0.5, 0.6) is 0 Å². The van der Waals surface area contributed by atoms with Gasteiger partial charge >= 0.3 is 0 Å². The zero-order valence-corrected chi connectivity index (χ0v) is 16.8. The number of carbonyl (C=O) groups excluding carboxylic acids is 2. The molecule has 0 spiro atoms. The van der Waals surface area contributed by atoms with E-state index in [4.69, 9.17) is 0 Å². The van der Waals surface area contributed by atoms with E-state index in [1.807, 2.05) is 44.2 Å². The Kier molecular flexibility index (Phi) is 5.68. The first-order valence-corrected chi connectivity index (χ1v) is 9.83. The summed E-state index contributed by atoms with van der Waals surface area (Å²) in [6.45, 7) is 3.81. The summed E-state index contributed by atoms with van der Waals surface area (Å²) in [6, 6.07) is 9.51. The molecular formula is C20H24N8O2. The summed E-state index contributed by atoms with van der Waals surface area (Å²) < 4.78 is 1.66. The molecule has 2 amide bonds. The Morgan fingerprint density at radius 1 is 1.17 bits per heavy atom. The van der Waals surface area contributed by atoms with E-state index in [1.165, 1.54) is 6.33 Å². The third kappa shape index (κ3) is 4.14. The molecule has 2 atom stereocenters. The Morgan fingerprint density at radius 2 is 1.97 bits per heavy atom. The maximum Gasteiger partial charge on any atom is 0.256 e. The molecule has 4 N–H and O–H groups in total. The van der Waals surface area contributed by atoms with Crippen LogP contribution < -0.4 is 21.7 Å². The summed E-state index contributed by atoms with van der Waals surface area (Å²) in [6.07, 6.45) is 2.75. The molecule has 4 rings (SSSR count). The lowest BCUT2D eigenvalue weighted by atomic mass is 10.0. The lowest BCUT2D eigenvalue weighted by Gasteiger charge is -2.13. The molecule has 1 aromatic carbocycles. The van der Waals surface area contributed by atoms with Crippen LogP contribution in [0.15, 0.2) is 36.7 Å². The number of hydrogen-bond donors (Lipinski definition) is 4. The number of hydrogen-bond acceptors (Lipinski definition) is 7. The minimum Gasteiger partial charge on any atom is -0.273 e. The van der Waals surface area contributed by atoms with Crippen molar-refractivity contribution < 1.29 is 9.59 Å². The first kappa shape index (κ1) is 19.9. The summed E-state index contributed by atoms with van der Waals surface area (Å²) in [5.41, 5.74) is 14.9. The highest BCUT2D eigenvalue weighted by molar-refractivity contribution is 5.85. The highest BCUT2D eigenvalue weighted by atomic mass is 16.2. The van der Waals surface area contributed by atoms with Crippen LogP contribution in [-0.4, -0.2) is 37.4 Å². The molecule has 30 heavy (non-hydrogen) atoms.